The molecule has 0 aliphatic heterocycles. The van der Waals surface area contributed by atoms with Gasteiger partial charge < -0.3 is 10.2 Å². The Bertz CT molecular complexity index is 1180. The molecule has 0 fully saturated rings. The fraction of sp³-hybridized carbons (Fsp3) is 0.391. The zero-order chi connectivity index (χ0) is 26.3. The van der Waals surface area contributed by atoms with Gasteiger partial charge in [-0.1, -0.05) is 54.7 Å². The van der Waals surface area contributed by atoms with E-state index in [9.17, 15) is 22.4 Å². The number of hydrogen-bond donors (Lipinski definition) is 1. The highest BCUT2D eigenvalue weighted by atomic mass is 35.5. The van der Waals surface area contributed by atoms with Gasteiger partial charge in [-0.05, 0) is 48.7 Å². The summed E-state index contributed by atoms with van der Waals surface area (Å²) in [6, 6.07) is 7.21. The van der Waals surface area contributed by atoms with Gasteiger partial charge in [-0.15, -0.1) is 0 Å². The quantitative estimate of drug-likeness (QED) is 0.420. The molecule has 1 atom stereocenters. The molecule has 0 saturated carbocycles. The second kappa shape index (κ2) is 12.8. The summed E-state index contributed by atoms with van der Waals surface area (Å²) in [6.07, 6.45) is 1.89. The van der Waals surface area contributed by atoms with E-state index < -0.39 is 34.3 Å². The van der Waals surface area contributed by atoms with Crippen LogP contribution in [0, 0.1) is 5.82 Å². The summed E-state index contributed by atoms with van der Waals surface area (Å²) < 4.78 is 39.6. The number of amides is 2. The summed E-state index contributed by atoms with van der Waals surface area (Å²) in [5.41, 5.74) is 0.544. The van der Waals surface area contributed by atoms with Gasteiger partial charge in [0.15, 0.2) is 0 Å². The first-order valence-corrected chi connectivity index (χ1v) is 13.8. The molecule has 2 aromatic rings. The molecular weight excluding hydrogens is 540 g/mol. The molecule has 0 saturated heterocycles. The van der Waals surface area contributed by atoms with Crippen LogP contribution in [0.15, 0.2) is 36.4 Å². The number of anilines is 1. The van der Waals surface area contributed by atoms with Crippen LogP contribution in [0.4, 0.5) is 10.1 Å². The number of carbonyl (C=O) groups excluding carboxylic acids is 2. The van der Waals surface area contributed by atoms with E-state index in [4.69, 9.17) is 34.8 Å². The average molecular weight is 567 g/mol. The van der Waals surface area contributed by atoms with Gasteiger partial charge >= 0.3 is 0 Å². The highest BCUT2D eigenvalue weighted by Gasteiger charge is 2.32. The highest BCUT2D eigenvalue weighted by molar-refractivity contribution is 7.92. The molecule has 192 valence electrons. The van der Waals surface area contributed by atoms with Crippen LogP contribution < -0.4 is 9.62 Å². The van der Waals surface area contributed by atoms with Crippen LogP contribution >= 0.6 is 34.8 Å². The number of nitrogens with one attached hydrogen (secondary N) is 1. The molecule has 0 aromatic heterocycles. The molecule has 0 unspecified atom stereocenters. The lowest BCUT2D eigenvalue weighted by Crippen LogP contribution is -2.52. The molecule has 0 radical (unpaired) electrons. The first-order valence-electron chi connectivity index (χ1n) is 10.8. The largest absolute Gasteiger partial charge is 0.354 e. The maximum absolute atomic E-state index is 13.7. The highest BCUT2D eigenvalue weighted by Crippen LogP contribution is 2.26. The van der Waals surface area contributed by atoms with E-state index in [1.54, 1.807) is 19.1 Å². The Morgan fingerprint density at radius 2 is 1.74 bits per heavy atom. The van der Waals surface area contributed by atoms with Gasteiger partial charge in [0, 0.05) is 23.1 Å². The molecule has 12 heteroatoms. The number of benzene rings is 2. The molecule has 0 spiro atoms. The molecule has 2 rings (SSSR count). The van der Waals surface area contributed by atoms with Crippen molar-refractivity contribution in [1.29, 1.82) is 0 Å². The van der Waals surface area contributed by atoms with E-state index in [0.717, 1.165) is 22.7 Å². The lowest BCUT2D eigenvalue weighted by molar-refractivity contribution is -0.140. The van der Waals surface area contributed by atoms with Crippen molar-refractivity contribution in [3.8, 4) is 0 Å². The van der Waals surface area contributed by atoms with Gasteiger partial charge in [-0.25, -0.2) is 12.8 Å². The Kier molecular flexibility index (Phi) is 10.6. The number of halogens is 4. The number of nitrogens with zero attached hydrogens (tertiary/aromatic N) is 2. The van der Waals surface area contributed by atoms with Crippen molar-refractivity contribution in [2.24, 2.45) is 0 Å². The zero-order valence-electron chi connectivity index (χ0n) is 19.5. The third-order valence-electron chi connectivity index (χ3n) is 5.16. The maximum Gasteiger partial charge on any atom is 0.244 e. The van der Waals surface area contributed by atoms with Gasteiger partial charge in [0.05, 0.1) is 17.0 Å². The molecule has 2 aromatic carbocycles. The molecule has 0 aliphatic carbocycles. The topological polar surface area (TPSA) is 86.8 Å². The minimum Gasteiger partial charge on any atom is -0.354 e. The molecule has 2 amide bonds. The second-order valence-corrected chi connectivity index (χ2v) is 11.0. The van der Waals surface area contributed by atoms with Crippen LogP contribution in [0.2, 0.25) is 15.1 Å². The number of carbonyl (C=O) groups is 2. The minimum atomic E-state index is -3.97. The van der Waals surface area contributed by atoms with Crippen molar-refractivity contribution in [3.63, 3.8) is 0 Å². The fourth-order valence-corrected chi connectivity index (χ4v) is 4.86. The standard InChI is InChI=1S/C23H27Cl3FN3O4S/c1-4-10-28-23(32)21(5-2)29(13-15-6-7-16(24)11-18(15)25)22(31)14-30(35(3,33)34)17-8-9-20(27)19(26)12-17/h6-9,11-12,21H,4-5,10,13-14H2,1-3H3,(H,28,32)/t21-/m0/s1. The third-order valence-corrected chi connectivity index (χ3v) is 7.18. The molecule has 0 bridgehead atoms. The van der Waals surface area contributed by atoms with Crippen molar-refractivity contribution in [2.45, 2.75) is 39.3 Å². The molecule has 0 heterocycles. The summed E-state index contributed by atoms with van der Waals surface area (Å²) in [7, 11) is -3.97. The number of rotatable bonds is 11. The predicted octanol–water partition coefficient (Wildman–Crippen LogP) is 4.89. The molecule has 1 N–H and O–H groups in total. The summed E-state index contributed by atoms with van der Waals surface area (Å²) in [5, 5.41) is 3.19. The van der Waals surface area contributed by atoms with E-state index in [-0.39, 0.29) is 29.6 Å². The Morgan fingerprint density at radius 1 is 1.06 bits per heavy atom. The van der Waals surface area contributed by atoms with Crippen LogP contribution in [0.25, 0.3) is 0 Å². The molecule has 0 aliphatic rings. The Morgan fingerprint density at radius 3 is 2.29 bits per heavy atom. The van der Waals surface area contributed by atoms with Crippen molar-refractivity contribution < 1.29 is 22.4 Å². The van der Waals surface area contributed by atoms with Crippen LogP contribution in [-0.4, -0.2) is 50.5 Å². The van der Waals surface area contributed by atoms with Gasteiger partial charge in [0.1, 0.15) is 18.4 Å². The SMILES string of the molecule is CCCNC(=O)[C@H](CC)N(Cc1ccc(Cl)cc1Cl)C(=O)CN(c1ccc(F)c(Cl)c1)S(C)(=O)=O. The lowest BCUT2D eigenvalue weighted by atomic mass is 10.1. The van der Waals surface area contributed by atoms with E-state index in [1.165, 1.54) is 17.0 Å². The van der Waals surface area contributed by atoms with Crippen molar-refractivity contribution in [2.75, 3.05) is 23.7 Å². The summed E-state index contributed by atoms with van der Waals surface area (Å²) >= 11 is 18.1. The minimum absolute atomic E-state index is 0.0141. The van der Waals surface area contributed by atoms with Crippen molar-refractivity contribution >= 4 is 62.3 Å². The van der Waals surface area contributed by atoms with Gasteiger partial charge in [0.25, 0.3) is 0 Å². The van der Waals surface area contributed by atoms with Crippen LogP contribution in [0.3, 0.4) is 0 Å². The van der Waals surface area contributed by atoms with E-state index >= 15 is 0 Å². The maximum atomic E-state index is 13.7. The smallest absolute Gasteiger partial charge is 0.244 e. The number of sulfonamides is 1. The Hall–Kier alpha value is -2.07. The zero-order valence-corrected chi connectivity index (χ0v) is 22.6. The summed E-state index contributed by atoms with van der Waals surface area (Å²) in [6.45, 7) is 3.37. The fourth-order valence-electron chi connectivity index (χ4n) is 3.37. The third kappa shape index (κ3) is 7.96. The number of hydrogen-bond acceptors (Lipinski definition) is 4. The van der Waals surface area contributed by atoms with Crippen LogP contribution in [0.1, 0.15) is 32.3 Å². The van der Waals surface area contributed by atoms with Gasteiger partial charge in [-0.3, -0.25) is 13.9 Å². The predicted molar refractivity (Wildman–Crippen MR) is 138 cm³/mol. The summed E-state index contributed by atoms with van der Waals surface area (Å²) in [5.74, 6) is -1.75. The van der Waals surface area contributed by atoms with Gasteiger partial charge in [0.2, 0.25) is 21.8 Å². The first-order chi connectivity index (χ1) is 16.4. The Balaban J connectivity index is 2.48. The normalized spacial score (nSPS) is 12.2. The van der Waals surface area contributed by atoms with E-state index in [1.807, 2.05) is 6.92 Å². The van der Waals surface area contributed by atoms with E-state index in [2.05, 4.69) is 5.32 Å². The molecule has 7 nitrogen and oxygen atoms in total. The first kappa shape index (κ1) is 29.2. The van der Waals surface area contributed by atoms with Gasteiger partial charge in [-0.2, -0.15) is 0 Å². The van der Waals surface area contributed by atoms with E-state index in [0.29, 0.717) is 28.6 Å². The Labute approximate surface area is 220 Å². The monoisotopic (exact) mass is 565 g/mol. The molecular formula is C23H27Cl3FN3O4S. The van der Waals surface area contributed by atoms with Crippen LogP contribution in [0.5, 0.6) is 0 Å². The van der Waals surface area contributed by atoms with Crippen molar-refractivity contribution in [1.82, 2.24) is 10.2 Å². The summed E-state index contributed by atoms with van der Waals surface area (Å²) in [4.78, 5) is 27.7. The van der Waals surface area contributed by atoms with Crippen LogP contribution in [-0.2, 0) is 26.2 Å². The second-order valence-electron chi connectivity index (χ2n) is 7.84. The van der Waals surface area contributed by atoms with Crippen molar-refractivity contribution in [3.05, 3.63) is 62.8 Å². The average Bonchev–Trinajstić information content (AvgIpc) is 2.78. The molecule has 35 heavy (non-hydrogen) atoms. The lowest BCUT2D eigenvalue weighted by Gasteiger charge is -2.33.